The molecule has 0 heterocycles. The summed E-state index contributed by atoms with van der Waals surface area (Å²) < 4.78 is 0. The average molecular weight is 249 g/mol. The Hall–Kier alpha value is -0.0400. The van der Waals surface area contributed by atoms with Crippen molar-refractivity contribution < 1.29 is 0 Å². The van der Waals surface area contributed by atoms with E-state index in [-0.39, 0.29) is 0 Å². The minimum Gasteiger partial charge on any atom is -0.313 e. The lowest BCUT2D eigenvalue weighted by atomic mass is 9.50. The summed E-state index contributed by atoms with van der Waals surface area (Å²) in [7, 11) is 0. The third-order valence-electron chi connectivity index (χ3n) is 6.06. The first kappa shape index (κ1) is 13.0. The summed E-state index contributed by atoms with van der Waals surface area (Å²) in [6.07, 6.45) is 9.11. The first-order chi connectivity index (χ1) is 8.69. The summed E-state index contributed by atoms with van der Waals surface area (Å²) in [6, 6.07) is 0.792. The second-order valence-electron chi connectivity index (χ2n) is 7.73. The van der Waals surface area contributed by atoms with Crippen molar-refractivity contribution in [2.45, 2.75) is 65.3 Å². The second-order valence-corrected chi connectivity index (χ2v) is 7.73. The van der Waals surface area contributed by atoms with Crippen LogP contribution in [-0.4, -0.2) is 12.6 Å². The standard InChI is InChI=1S/C17H31N/c1-4-5-18-17(11(2)3)16-14-7-12-6-13(9-14)10-15(16)8-12/h11-18H,4-10H2,1-3H3. The van der Waals surface area contributed by atoms with Crippen LogP contribution in [0.1, 0.15) is 59.3 Å². The summed E-state index contributed by atoms with van der Waals surface area (Å²) in [6.45, 7) is 8.36. The molecule has 4 aliphatic carbocycles. The Morgan fingerprint density at radius 3 is 1.94 bits per heavy atom. The zero-order valence-corrected chi connectivity index (χ0v) is 12.5. The van der Waals surface area contributed by atoms with Gasteiger partial charge < -0.3 is 5.32 Å². The minimum atomic E-state index is 0.792. The van der Waals surface area contributed by atoms with E-state index in [1.54, 1.807) is 32.1 Å². The quantitative estimate of drug-likeness (QED) is 0.774. The summed E-state index contributed by atoms with van der Waals surface area (Å²) >= 11 is 0. The van der Waals surface area contributed by atoms with Crippen LogP contribution < -0.4 is 5.32 Å². The summed E-state index contributed by atoms with van der Waals surface area (Å²) in [5.74, 6) is 6.17. The molecule has 0 aromatic carbocycles. The Morgan fingerprint density at radius 1 is 0.944 bits per heavy atom. The molecule has 0 aromatic heterocycles. The molecule has 4 fully saturated rings. The lowest BCUT2D eigenvalue weighted by Gasteiger charge is -2.57. The highest BCUT2D eigenvalue weighted by atomic mass is 14.9. The Labute approximate surface area is 113 Å². The number of nitrogens with one attached hydrogen (secondary N) is 1. The third kappa shape index (κ3) is 2.24. The molecule has 104 valence electrons. The molecular weight excluding hydrogens is 218 g/mol. The fraction of sp³-hybridized carbons (Fsp3) is 1.00. The first-order valence-corrected chi connectivity index (χ1v) is 8.42. The van der Waals surface area contributed by atoms with Crippen LogP contribution in [0.15, 0.2) is 0 Å². The van der Waals surface area contributed by atoms with E-state index in [0.717, 1.165) is 41.5 Å². The van der Waals surface area contributed by atoms with Crippen LogP contribution in [0.25, 0.3) is 0 Å². The fourth-order valence-corrected chi connectivity index (χ4v) is 5.68. The van der Waals surface area contributed by atoms with Gasteiger partial charge in [0.1, 0.15) is 0 Å². The topological polar surface area (TPSA) is 12.0 Å². The molecule has 4 rings (SSSR count). The van der Waals surface area contributed by atoms with Crippen molar-refractivity contribution in [3.05, 3.63) is 0 Å². The molecule has 4 saturated carbocycles. The van der Waals surface area contributed by atoms with Gasteiger partial charge in [-0.15, -0.1) is 0 Å². The molecule has 1 nitrogen and oxygen atoms in total. The lowest BCUT2D eigenvalue weighted by Crippen LogP contribution is -2.54. The second kappa shape index (κ2) is 5.15. The Kier molecular flexibility index (Phi) is 3.71. The fourth-order valence-electron chi connectivity index (χ4n) is 5.68. The van der Waals surface area contributed by atoms with E-state index in [1.165, 1.54) is 13.0 Å². The first-order valence-electron chi connectivity index (χ1n) is 8.42. The van der Waals surface area contributed by atoms with Gasteiger partial charge in [-0.25, -0.2) is 0 Å². The van der Waals surface area contributed by atoms with Gasteiger partial charge in [-0.2, -0.15) is 0 Å². The summed E-state index contributed by atoms with van der Waals surface area (Å²) in [5, 5.41) is 3.90. The van der Waals surface area contributed by atoms with Crippen LogP contribution in [0.3, 0.4) is 0 Å². The largest absolute Gasteiger partial charge is 0.313 e. The van der Waals surface area contributed by atoms with Crippen LogP contribution in [0.2, 0.25) is 0 Å². The molecule has 0 radical (unpaired) electrons. The van der Waals surface area contributed by atoms with E-state index in [4.69, 9.17) is 0 Å². The third-order valence-corrected chi connectivity index (χ3v) is 6.06. The van der Waals surface area contributed by atoms with E-state index in [2.05, 4.69) is 26.1 Å². The zero-order valence-electron chi connectivity index (χ0n) is 12.5. The Morgan fingerprint density at radius 2 is 1.50 bits per heavy atom. The minimum absolute atomic E-state index is 0.792. The van der Waals surface area contributed by atoms with E-state index in [0.29, 0.717) is 0 Å². The van der Waals surface area contributed by atoms with Crippen LogP contribution in [-0.2, 0) is 0 Å². The van der Waals surface area contributed by atoms with Crippen molar-refractivity contribution in [2.24, 2.45) is 35.5 Å². The molecule has 4 aliphatic rings. The molecule has 0 aliphatic heterocycles. The molecular formula is C17H31N. The van der Waals surface area contributed by atoms with Crippen molar-refractivity contribution in [2.75, 3.05) is 6.54 Å². The van der Waals surface area contributed by atoms with Crippen LogP contribution in [0, 0.1) is 35.5 Å². The highest BCUT2D eigenvalue weighted by molar-refractivity contribution is 5.02. The molecule has 1 N–H and O–H groups in total. The summed E-state index contributed by atoms with van der Waals surface area (Å²) in [5.41, 5.74) is 0. The number of hydrogen-bond donors (Lipinski definition) is 1. The van der Waals surface area contributed by atoms with Gasteiger partial charge in [-0.3, -0.25) is 0 Å². The molecule has 0 spiro atoms. The van der Waals surface area contributed by atoms with E-state index >= 15 is 0 Å². The number of hydrogen-bond acceptors (Lipinski definition) is 1. The van der Waals surface area contributed by atoms with Gasteiger partial charge in [0.25, 0.3) is 0 Å². The maximum absolute atomic E-state index is 3.90. The van der Waals surface area contributed by atoms with Crippen molar-refractivity contribution in [1.29, 1.82) is 0 Å². The Balaban J connectivity index is 1.73. The van der Waals surface area contributed by atoms with Gasteiger partial charge in [-0.05, 0) is 80.6 Å². The van der Waals surface area contributed by atoms with Crippen LogP contribution in [0.4, 0.5) is 0 Å². The smallest absolute Gasteiger partial charge is 0.0124 e. The Bertz CT molecular complexity index is 255. The highest BCUT2D eigenvalue weighted by Gasteiger charge is 2.50. The van der Waals surface area contributed by atoms with Gasteiger partial charge in [0.15, 0.2) is 0 Å². The maximum atomic E-state index is 3.90. The lowest BCUT2D eigenvalue weighted by molar-refractivity contribution is -0.0583. The van der Waals surface area contributed by atoms with Gasteiger partial charge in [0.05, 0.1) is 0 Å². The molecule has 0 amide bonds. The summed E-state index contributed by atoms with van der Waals surface area (Å²) in [4.78, 5) is 0. The van der Waals surface area contributed by atoms with Gasteiger partial charge in [-0.1, -0.05) is 20.8 Å². The van der Waals surface area contributed by atoms with E-state index in [1.807, 2.05) is 0 Å². The van der Waals surface area contributed by atoms with Gasteiger partial charge >= 0.3 is 0 Å². The molecule has 1 heteroatoms. The normalized spacial score (nSPS) is 43.7. The average Bonchev–Trinajstić information content (AvgIpc) is 2.31. The SMILES string of the molecule is CCCNC(C(C)C)C1C2CC3CC(C2)CC1C3. The van der Waals surface area contributed by atoms with E-state index in [9.17, 15) is 0 Å². The monoisotopic (exact) mass is 249 g/mol. The van der Waals surface area contributed by atoms with Crippen molar-refractivity contribution in [3.8, 4) is 0 Å². The van der Waals surface area contributed by atoms with Crippen LogP contribution >= 0.6 is 0 Å². The highest BCUT2D eigenvalue weighted by Crippen LogP contribution is 2.57. The molecule has 0 saturated heterocycles. The molecule has 4 bridgehead atoms. The van der Waals surface area contributed by atoms with E-state index < -0.39 is 0 Å². The van der Waals surface area contributed by atoms with Crippen molar-refractivity contribution in [1.82, 2.24) is 5.32 Å². The predicted molar refractivity (Wildman–Crippen MR) is 77.5 cm³/mol. The predicted octanol–water partition coefficient (Wildman–Crippen LogP) is 4.08. The molecule has 18 heavy (non-hydrogen) atoms. The maximum Gasteiger partial charge on any atom is 0.0124 e. The van der Waals surface area contributed by atoms with Crippen LogP contribution in [0.5, 0.6) is 0 Å². The van der Waals surface area contributed by atoms with Crippen molar-refractivity contribution >= 4 is 0 Å². The molecule has 1 unspecified atom stereocenters. The molecule has 0 aromatic rings. The van der Waals surface area contributed by atoms with Crippen molar-refractivity contribution in [3.63, 3.8) is 0 Å². The van der Waals surface area contributed by atoms with Gasteiger partial charge in [0.2, 0.25) is 0 Å². The molecule has 1 atom stereocenters. The number of rotatable bonds is 5. The zero-order chi connectivity index (χ0) is 12.7. The van der Waals surface area contributed by atoms with Gasteiger partial charge in [0, 0.05) is 6.04 Å².